The predicted octanol–water partition coefficient (Wildman–Crippen LogP) is 21.4. The summed E-state index contributed by atoms with van der Waals surface area (Å²) in [4.78, 5) is 8.94. The highest BCUT2D eigenvalue weighted by atomic mass is 32.2. The minimum Gasteiger partial charge on any atom is -0.314 e. The van der Waals surface area contributed by atoms with Gasteiger partial charge >= 0.3 is 0 Å². The van der Waals surface area contributed by atoms with Crippen LogP contribution in [0.2, 0.25) is 0 Å². The van der Waals surface area contributed by atoms with E-state index in [-0.39, 0.29) is 96.6 Å². The molecule has 5 aliphatic carbocycles. The molecule has 1 fully saturated rings. The molecule has 85 heavy (non-hydrogen) atoms. The van der Waals surface area contributed by atoms with Gasteiger partial charge in [0.1, 0.15) is 0 Å². The SMILES string of the molecule is [2H]c1c([2H])c([2H])c(N(c2cc3c4c(c2)N(c2ccc5c(c2)C(C)(C)CCC5(C)C)c2cc5c(cc2B4C2=C(C4C(S2)C(C)(C)CCC4(C)C)N3c2ccc3c(c2)C(C)(C)CCC3(C)C)C(C)(C)CCC5(C)C)c2ccc3c(c2)C(C)(C)CCC3(C)C)c([2H])c1[2H]. The number of fused-ring (bicyclic) bond motifs is 9. The Kier molecular flexibility index (Phi) is 11.1. The highest BCUT2D eigenvalue weighted by molar-refractivity contribution is 8.06. The van der Waals surface area contributed by atoms with Crippen molar-refractivity contribution in [3.63, 3.8) is 0 Å². The molecule has 14 rings (SSSR count). The lowest BCUT2D eigenvalue weighted by atomic mass is 9.35. The van der Waals surface area contributed by atoms with E-state index < -0.39 is 6.04 Å². The largest absolute Gasteiger partial charge is 0.314 e. The van der Waals surface area contributed by atoms with Crippen LogP contribution >= 0.6 is 11.8 Å². The second-order valence-corrected chi connectivity index (χ2v) is 36.0. The number of nitrogens with zero attached hydrogens (tertiary/aromatic N) is 3. The van der Waals surface area contributed by atoms with Crippen LogP contribution in [0.4, 0.5) is 45.5 Å². The van der Waals surface area contributed by atoms with Crippen molar-refractivity contribution >= 4 is 74.9 Å². The summed E-state index contributed by atoms with van der Waals surface area (Å²) in [6.07, 6.45) is 11.0. The Balaban J connectivity index is 1.18. The molecule has 3 aliphatic heterocycles. The Morgan fingerprint density at radius 3 is 1.32 bits per heavy atom. The second kappa shape index (κ2) is 18.3. The molecule has 5 heteroatoms. The first-order chi connectivity index (χ1) is 41.6. The molecule has 2 atom stereocenters. The highest BCUT2D eigenvalue weighted by Crippen LogP contribution is 2.67. The number of hydrogen-bond donors (Lipinski definition) is 0. The van der Waals surface area contributed by atoms with Crippen molar-refractivity contribution in [3.05, 3.63) is 164 Å². The number of para-hydroxylation sites is 1. The molecule has 0 saturated heterocycles. The fourth-order valence-corrected chi connectivity index (χ4v) is 20.0. The summed E-state index contributed by atoms with van der Waals surface area (Å²) in [7, 11) is 0. The third-order valence-corrected chi connectivity index (χ3v) is 26.2. The Morgan fingerprint density at radius 1 is 0.400 bits per heavy atom. The molecular formula is C80H100BN3S. The monoisotopic (exact) mass is 1150 g/mol. The quantitative estimate of drug-likeness (QED) is 0.159. The van der Waals surface area contributed by atoms with E-state index in [1.54, 1.807) is 0 Å². The fourth-order valence-electron chi connectivity index (χ4n) is 18.0. The van der Waals surface area contributed by atoms with Crippen molar-refractivity contribution < 1.29 is 6.85 Å². The number of rotatable bonds is 5. The van der Waals surface area contributed by atoms with Gasteiger partial charge in [-0.2, -0.15) is 0 Å². The molecule has 6 aromatic carbocycles. The molecule has 1 saturated carbocycles. The average Bonchev–Trinajstić information content (AvgIpc) is 1.17. The van der Waals surface area contributed by atoms with Crippen molar-refractivity contribution in [1.82, 2.24) is 0 Å². The Labute approximate surface area is 525 Å². The highest BCUT2D eigenvalue weighted by Gasteiger charge is 2.60. The van der Waals surface area contributed by atoms with Crippen LogP contribution in [0.25, 0.3) is 0 Å². The van der Waals surface area contributed by atoms with Gasteiger partial charge in [0.15, 0.2) is 0 Å². The summed E-state index contributed by atoms with van der Waals surface area (Å²) in [5.41, 5.74) is 22.0. The molecule has 0 radical (unpaired) electrons. The van der Waals surface area contributed by atoms with E-state index in [1.807, 2.05) is 0 Å². The third kappa shape index (κ3) is 8.60. The Hall–Kier alpha value is -5.13. The van der Waals surface area contributed by atoms with Crippen LogP contribution in [0.1, 0.15) is 254 Å². The number of anilines is 8. The summed E-state index contributed by atoms with van der Waals surface area (Å²) in [6, 6.07) is 30.4. The minimum atomic E-state index is -0.392. The second-order valence-electron chi connectivity index (χ2n) is 34.8. The molecule has 6 aromatic rings. The molecule has 0 bridgehead atoms. The molecular weight excluding hydrogens is 1050 g/mol. The Bertz CT molecular complexity index is 4110. The van der Waals surface area contributed by atoms with Gasteiger partial charge in [-0.25, -0.2) is 0 Å². The number of benzene rings is 6. The summed E-state index contributed by atoms with van der Waals surface area (Å²) in [5, 5.41) is 0.311. The van der Waals surface area contributed by atoms with Gasteiger partial charge < -0.3 is 14.7 Å². The minimum absolute atomic E-state index is 0.00516. The van der Waals surface area contributed by atoms with Crippen molar-refractivity contribution in [1.29, 1.82) is 0 Å². The van der Waals surface area contributed by atoms with E-state index in [2.05, 4.69) is 244 Å². The van der Waals surface area contributed by atoms with E-state index in [9.17, 15) is 5.48 Å². The van der Waals surface area contributed by atoms with Crippen LogP contribution in [-0.2, 0) is 43.3 Å². The van der Waals surface area contributed by atoms with Gasteiger partial charge in [-0.1, -0.05) is 181 Å². The maximum absolute atomic E-state index is 10.1. The van der Waals surface area contributed by atoms with Crippen molar-refractivity contribution in [2.24, 2.45) is 16.7 Å². The van der Waals surface area contributed by atoms with Crippen LogP contribution in [0.15, 0.2) is 120 Å². The maximum Gasteiger partial charge on any atom is 0.259 e. The first-order valence-electron chi connectivity index (χ1n) is 35.3. The van der Waals surface area contributed by atoms with Crippen LogP contribution in [0.5, 0.6) is 0 Å². The van der Waals surface area contributed by atoms with Crippen LogP contribution in [-0.4, -0.2) is 12.0 Å². The number of hydrogen-bond acceptors (Lipinski definition) is 4. The topological polar surface area (TPSA) is 9.72 Å². The zero-order valence-corrected chi connectivity index (χ0v) is 56.4. The standard InChI is InChI=1S/C80H100BN3S/c1-71(2)32-35-74(7,8)57-42-50(26-29-54(57)71)82(49-24-22-21-23-25-49)53-45-64-67-65(46-53)84(52-28-31-56-59(44-52)76(11,12)37-34-73(56,5)6)68-66-69(80(19,20)41-40-79(66,17)18)85-70(68)81(67)62-47-60-61(78(15,16)39-38-77(60,13)14)48-63(62)83(64)51-27-30-55-58(43-51)75(9,10)36-33-72(55,3)4/h21-31,42-48,66,69H,32-41H2,1-20H3/i21D,22D,23D,24D,25D. The zero-order chi connectivity index (χ0) is 64.9. The van der Waals surface area contributed by atoms with Gasteiger partial charge in [-0.3, -0.25) is 0 Å². The van der Waals surface area contributed by atoms with E-state index in [4.69, 9.17) is 1.37 Å². The Morgan fingerprint density at radius 2 is 0.812 bits per heavy atom. The molecule has 444 valence electrons. The molecule has 0 amide bonds. The lowest BCUT2D eigenvalue weighted by molar-refractivity contribution is 0.0881. The molecule has 3 nitrogen and oxygen atoms in total. The molecule has 3 heterocycles. The van der Waals surface area contributed by atoms with Gasteiger partial charge in [-0.15, -0.1) is 11.8 Å². The third-order valence-electron chi connectivity index (χ3n) is 24.3. The molecule has 0 aromatic heterocycles. The summed E-state index contributed by atoms with van der Waals surface area (Å²) in [6.45, 7) is 48.9. The smallest absolute Gasteiger partial charge is 0.259 e. The van der Waals surface area contributed by atoms with Crippen LogP contribution < -0.4 is 25.6 Å². The van der Waals surface area contributed by atoms with Gasteiger partial charge in [0.25, 0.3) is 6.71 Å². The van der Waals surface area contributed by atoms with E-state index in [0.29, 0.717) is 5.25 Å². The summed E-state index contributed by atoms with van der Waals surface area (Å²) in [5.74, 6) is 0.200. The van der Waals surface area contributed by atoms with Gasteiger partial charge in [0.2, 0.25) is 0 Å². The molecule has 0 N–H and O–H groups in total. The van der Waals surface area contributed by atoms with E-state index in [0.717, 1.165) is 92.6 Å². The normalized spacial score (nSPS) is 26.3. The molecule has 8 aliphatic rings. The van der Waals surface area contributed by atoms with E-state index in [1.165, 1.54) is 77.3 Å². The van der Waals surface area contributed by atoms with Gasteiger partial charge in [0.05, 0.1) is 12.5 Å². The van der Waals surface area contributed by atoms with Crippen molar-refractivity contribution in [3.8, 4) is 0 Å². The fraction of sp³-hybridized carbons (Fsp3) is 0.525. The van der Waals surface area contributed by atoms with Gasteiger partial charge in [-0.05, 0) is 245 Å². The number of allylic oxidation sites excluding steroid dienone is 1. The lowest BCUT2D eigenvalue weighted by Gasteiger charge is -2.52. The molecule has 2 unspecified atom stereocenters. The zero-order valence-electron chi connectivity index (χ0n) is 60.6. The summed E-state index contributed by atoms with van der Waals surface area (Å²) < 4.78 is 48.1. The van der Waals surface area contributed by atoms with Crippen molar-refractivity contribution in [2.75, 3.05) is 14.7 Å². The predicted molar refractivity (Wildman–Crippen MR) is 369 cm³/mol. The van der Waals surface area contributed by atoms with Crippen LogP contribution in [0, 0.1) is 16.7 Å². The summed E-state index contributed by atoms with van der Waals surface area (Å²) >= 11 is 2.19. The number of thioether (sulfide) groups is 1. The average molecular weight is 1150 g/mol. The lowest BCUT2D eigenvalue weighted by Crippen LogP contribution is -2.56. The van der Waals surface area contributed by atoms with Crippen molar-refractivity contribution in [2.45, 2.75) is 251 Å². The first-order valence-corrected chi connectivity index (χ1v) is 33.7. The maximum atomic E-state index is 10.1. The van der Waals surface area contributed by atoms with Gasteiger partial charge in [0, 0.05) is 56.7 Å². The first kappa shape index (κ1) is 51.9. The van der Waals surface area contributed by atoms with Crippen LogP contribution in [0.3, 0.4) is 0 Å². The molecule has 0 spiro atoms. The van der Waals surface area contributed by atoms with E-state index >= 15 is 0 Å².